The Kier molecular flexibility index (Phi) is 10.1. The first-order valence-corrected chi connectivity index (χ1v) is 7.32. The van der Waals surface area contributed by atoms with E-state index in [4.69, 9.17) is 5.73 Å². The summed E-state index contributed by atoms with van der Waals surface area (Å²) in [6.45, 7) is 7.81. The largest absolute Gasteiger partial charge is 0.330 e. The Morgan fingerprint density at radius 3 is 1.75 bits per heavy atom. The van der Waals surface area contributed by atoms with Gasteiger partial charge in [-0.2, -0.15) is 0 Å². The van der Waals surface area contributed by atoms with Crippen LogP contribution in [0.3, 0.4) is 0 Å². The van der Waals surface area contributed by atoms with Crippen LogP contribution in [0.15, 0.2) is 0 Å². The van der Waals surface area contributed by atoms with Crippen LogP contribution in [-0.4, -0.2) is 6.54 Å². The Morgan fingerprint density at radius 2 is 1.25 bits per heavy atom. The van der Waals surface area contributed by atoms with Crippen molar-refractivity contribution in [3.63, 3.8) is 0 Å². The Morgan fingerprint density at radius 1 is 0.750 bits per heavy atom. The van der Waals surface area contributed by atoms with Crippen molar-refractivity contribution >= 4 is 0 Å². The Labute approximate surface area is 103 Å². The minimum Gasteiger partial charge on any atom is -0.330 e. The molecular formula is C15H33N. The summed E-state index contributed by atoms with van der Waals surface area (Å²) in [5.41, 5.74) is 6.08. The van der Waals surface area contributed by atoms with Gasteiger partial charge in [-0.05, 0) is 24.8 Å². The summed E-state index contributed by atoms with van der Waals surface area (Å²) in [5.74, 6) is 0. The molecule has 0 spiro atoms. The zero-order chi connectivity index (χ0) is 12.3. The van der Waals surface area contributed by atoms with Crippen LogP contribution in [0.5, 0.6) is 0 Å². The quantitative estimate of drug-likeness (QED) is 0.500. The third kappa shape index (κ3) is 10.5. The molecule has 0 aliphatic rings. The van der Waals surface area contributed by atoms with Crippen LogP contribution in [-0.2, 0) is 0 Å². The van der Waals surface area contributed by atoms with Gasteiger partial charge in [-0.15, -0.1) is 0 Å². The SMILES string of the molecule is CCCCCCCCCCC(C)(C)CCN. The lowest BCUT2D eigenvalue weighted by molar-refractivity contribution is 0.299. The number of hydrogen-bond donors (Lipinski definition) is 1. The standard InChI is InChI=1S/C15H33N/c1-4-5-6-7-8-9-10-11-12-15(2,3)13-14-16/h4-14,16H2,1-3H3. The van der Waals surface area contributed by atoms with Gasteiger partial charge in [0.15, 0.2) is 0 Å². The first-order valence-electron chi connectivity index (χ1n) is 7.32. The summed E-state index contributed by atoms with van der Waals surface area (Å²) in [4.78, 5) is 0. The molecule has 98 valence electrons. The molecule has 2 N–H and O–H groups in total. The van der Waals surface area contributed by atoms with Gasteiger partial charge in [0.05, 0.1) is 0 Å². The highest BCUT2D eigenvalue weighted by Crippen LogP contribution is 2.27. The Balaban J connectivity index is 3.20. The summed E-state index contributed by atoms with van der Waals surface area (Å²) in [5, 5.41) is 0. The van der Waals surface area contributed by atoms with Crippen LogP contribution < -0.4 is 5.73 Å². The van der Waals surface area contributed by atoms with Gasteiger partial charge in [0.2, 0.25) is 0 Å². The highest BCUT2D eigenvalue weighted by atomic mass is 14.5. The highest BCUT2D eigenvalue weighted by Gasteiger charge is 2.15. The average Bonchev–Trinajstić information content (AvgIpc) is 2.22. The van der Waals surface area contributed by atoms with Crippen molar-refractivity contribution in [3.8, 4) is 0 Å². The monoisotopic (exact) mass is 227 g/mol. The van der Waals surface area contributed by atoms with Crippen LogP contribution in [0.2, 0.25) is 0 Å². The molecular weight excluding hydrogens is 194 g/mol. The van der Waals surface area contributed by atoms with Crippen molar-refractivity contribution in [3.05, 3.63) is 0 Å². The molecule has 0 unspecified atom stereocenters. The molecule has 0 saturated carbocycles. The topological polar surface area (TPSA) is 26.0 Å². The summed E-state index contributed by atoms with van der Waals surface area (Å²) < 4.78 is 0. The van der Waals surface area contributed by atoms with Crippen LogP contribution in [0.4, 0.5) is 0 Å². The lowest BCUT2D eigenvalue weighted by Crippen LogP contribution is -2.16. The van der Waals surface area contributed by atoms with E-state index in [1.165, 1.54) is 64.2 Å². The molecule has 0 saturated heterocycles. The number of nitrogens with two attached hydrogens (primary N) is 1. The van der Waals surface area contributed by atoms with Crippen molar-refractivity contribution in [2.24, 2.45) is 11.1 Å². The van der Waals surface area contributed by atoms with Crippen molar-refractivity contribution in [2.45, 2.75) is 85.0 Å². The van der Waals surface area contributed by atoms with E-state index in [2.05, 4.69) is 20.8 Å². The lowest BCUT2D eigenvalue weighted by Gasteiger charge is -2.23. The minimum atomic E-state index is 0.469. The first kappa shape index (κ1) is 16.0. The number of rotatable bonds is 11. The fraction of sp³-hybridized carbons (Fsp3) is 1.00. The van der Waals surface area contributed by atoms with Crippen LogP contribution in [0.25, 0.3) is 0 Å². The predicted molar refractivity (Wildman–Crippen MR) is 74.7 cm³/mol. The maximum absolute atomic E-state index is 5.61. The summed E-state index contributed by atoms with van der Waals surface area (Å²) in [7, 11) is 0. The van der Waals surface area contributed by atoms with Crippen molar-refractivity contribution < 1.29 is 0 Å². The average molecular weight is 227 g/mol. The maximum Gasteiger partial charge on any atom is -0.00722 e. The van der Waals surface area contributed by atoms with Gasteiger partial charge >= 0.3 is 0 Å². The second-order valence-corrected chi connectivity index (χ2v) is 5.93. The van der Waals surface area contributed by atoms with Gasteiger partial charge in [-0.3, -0.25) is 0 Å². The van der Waals surface area contributed by atoms with Gasteiger partial charge in [0, 0.05) is 0 Å². The Hall–Kier alpha value is -0.0400. The van der Waals surface area contributed by atoms with Gasteiger partial charge < -0.3 is 5.73 Å². The normalized spacial score (nSPS) is 12.0. The number of hydrogen-bond acceptors (Lipinski definition) is 1. The zero-order valence-electron chi connectivity index (χ0n) is 11.9. The van der Waals surface area contributed by atoms with Crippen LogP contribution in [0, 0.1) is 5.41 Å². The molecule has 0 aromatic rings. The van der Waals surface area contributed by atoms with Gasteiger partial charge in [-0.25, -0.2) is 0 Å². The second kappa shape index (κ2) is 10.1. The smallest absolute Gasteiger partial charge is 0.00722 e. The highest BCUT2D eigenvalue weighted by molar-refractivity contribution is 4.68. The van der Waals surface area contributed by atoms with Crippen LogP contribution in [0.1, 0.15) is 85.0 Å². The molecule has 0 bridgehead atoms. The summed E-state index contributed by atoms with van der Waals surface area (Å²) in [6.07, 6.45) is 13.9. The van der Waals surface area contributed by atoms with E-state index >= 15 is 0 Å². The molecule has 0 aromatic heterocycles. The fourth-order valence-corrected chi connectivity index (χ4v) is 2.25. The number of unbranched alkanes of at least 4 members (excludes halogenated alkanes) is 7. The zero-order valence-corrected chi connectivity index (χ0v) is 11.9. The van der Waals surface area contributed by atoms with E-state index in [0.29, 0.717) is 5.41 Å². The van der Waals surface area contributed by atoms with Gasteiger partial charge in [0.1, 0.15) is 0 Å². The molecule has 1 nitrogen and oxygen atoms in total. The van der Waals surface area contributed by atoms with Gasteiger partial charge in [0.25, 0.3) is 0 Å². The summed E-state index contributed by atoms with van der Waals surface area (Å²) in [6, 6.07) is 0. The maximum atomic E-state index is 5.61. The molecule has 0 aromatic carbocycles. The minimum absolute atomic E-state index is 0.469. The fourth-order valence-electron chi connectivity index (χ4n) is 2.25. The first-order chi connectivity index (χ1) is 7.62. The van der Waals surface area contributed by atoms with E-state index in [9.17, 15) is 0 Å². The van der Waals surface area contributed by atoms with E-state index in [1.807, 2.05) is 0 Å². The third-order valence-electron chi connectivity index (χ3n) is 3.53. The van der Waals surface area contributed by atoms with E-state index in [-0.39, 0.29) is 0 Å². The van der Waals surface area contributed by atoms with E-state index in [1.54, 1.807) is 0 Å². The van der Waals surface area contributed by atoms with E-state index in [0.717, 1.165) is 6.54 Å². The second-order valence-electron chi connectivity index (χ2n) is 5.93. The van der Waals surface area contributed by atoms with Crippen LogP contribution >= 0.6 is 0 Å². The van der Waals surface area contributed by atoms with Crippen molar-refractivity contribution in [1.82, 2.24) is 0 Å². The van der Waals surface area contributed by atoms with Crippen molar-refractivity contribution in [1.29, 1.82) is 0 Å². The Bertz CT molecular complexity index is 140. The predicted octanol–water partition coefficient (Wildman–Crippen LogP) is 4.89. The van der Waals surface area contributed by atoms with Crippen molar-refractivity contribution in [2.75, 3.05) is 6.54 Å². The molecule has 0 amide bonds. The molecule has 16 heavy (non-hydrogen) atoms. The van der Waals surface area contributed by atoms with E-state index < -0.39 is 0 Å². The molecule has 0 fully saturated rings. The molecule has 0 aliphatic heterocycles. The molecule has 0 heterocycles. The molecule has 1 heteroatoms. The molecule has 0 aliphatic carbocycles. The van der Waals surface area contributed by atoms with Gasteiger partial charge in [-0.1, -0.05) is 72.1 Å². The molecule has 0 atom stereocenters. The third-order valence-corrected chi connectivity index (χ3v) is 3.53. The lowest BCUT2D eigenvalue weighted by atomic mass is 9.83. The molecule has 0 radical (unpaired) electrons. The summed E-state index contributed by atoms with van der Waals surface area (Å²) >= 11 is 0. The molecule has 0 rings (SSSR count).